The van der Waals surface area contributed by atoms with Crippen molar-refractivity contribution in [2.24, 2.45) is 5.92 Å². The van der Waals surface area contributed by atoms with E-state index in [-0.39, 0.29) is 23.5 Å². The highest BCUT2D eigenvalue weighted by Gasteiger charge is 2.29. The van der Waals surface area contributed by atoms with Crippen molar-refractivity contribution in [2.45, 2.75) is 19.0 Å². The Morgan fingerprint density at radius 1 is 1.10 bits per heavy atom. The van der Waals surface area contributed by atoms with Gasteiger partial charge in [0, 0.05) is 40.8 Å². The van der Waals surface area contributed by atoms with Crippen LogP contribution in [0.3, 0.4) is 0 Å². The number of amides is 2. The Morgan fingerprint density at radius 2 is 1.77 bits per heavy atom. The van der Waals surface area contributed by atoms with Crippen LogP contribution in [-0.2, 0) is 4.79 Å². The van der Waals surface area contributed by atoms with Crippen LogP contribution in [0.15, 0.2) is 53.0 Å². The van der Waals surface area contributed by atoms with Crippen molar-refractivity contribution >= 4 is 33.4 Å². The van der Waals surface area contributed by atoms with Gasteiger partial charge in [-0.3, -0.25) is 9.59 Å². The molecule has 1 saturated heterocycles. The molecule has 5 nitrogen and oxygen atoms in total. The van der Waals surface area contributed by atoms with Crippen LogP contribution in [0.4, 0.5) is 18.9 Å². The van der Waals surface area contributed by atoms with Crippen molar-refractivity contribution in [2.75, 3.05) is 25.0 Å². The lowest BCUT2D eigenvalue weighted by Gasteiger charge is -2.31. The third kappa shape index (κ3) is 6.22. The molecule has 0 aromatic heterocycles. The first kappa shape index (κ1) is 22.1. The molecule has 3 rings (SSSR count). The number of carbonyl (C=O) groups is 2. The van der Waals surface area contributed by atoms with Crippen molar-refractivity contribution in [1.29, 1.82) is 0 Å². The van der Waals surface area contributed by atoms with Crippen LogP contribution in [0.5, 0.6) is 5.75 Å². The standard InChI is InChI=1S/C21H20BrF3N2O3/c22-16-6-4-15(5-7-16)20(29)27-10-8-14(9-11-27)19(28)26-17-2-1-3-18(12-17)30-13-21(23,24)25/h1-7,12,14H,8-11,13H2,(H,26,28). The number of nitrogens with zero attached hydrogens (tertiary/aromatic N) is 1. The molecule has 1 N–H and O–H groups in total. The molecule has 2 aromatic carbocycles. The van der Waals surface area contributed by atoms with Crippen LogP contribution in [0.25, 0.3) is 0 Å². The number of hydrogen-bond donors (Lipinski definition) is 1. The number of anilines is 1. The van der Waals surface area contributed by atoms with Crippen LogP contribution in [0.1, 0.15) is 23.2 Å². The van der Waals surface area contributed by atoms with Crippen molar-refractivity contribution < 1.29 is 27.5 Å². The second-order valence-corrected chi connectivity index (χ2v) is 7.91. The largest absolute Gasteiger partial charge is 0.484 e. The van der Waals surface area contributed by atoms with Gasteiger partial charge in [-0.15, -0.1) is 0 Å². The maximum Gasteiger partial charge on any atom is 0.422 e. The van der Waals surface area contributed by atoms with Gasteiger partial charge in [0.15, 0.2) is 6.61 Å². The highest BCUT2D eigenvalue weighted by Crippen LogP contribution is 2.24. The molecule has 30 heavy (non-hydrogen) atoms. The van der Waals surface area contributed by atoms with Gasteiger partial charge in [0.1, 0.15) is 5.75 Å². The number of benzene rings is 2. The zero-order valence-corrected chi connectivity index (χ0v) is 17.5. The lowest BCUT2D eigenvalue weighted by atomic mass is 9.95. The van der Waals surface area contributed by atoms with E-state index in [1.807, 2.05) is 0 Å². The van der Waals surface area contributed by atoms with Crippen molar-refractivity contribution in [3.05, 3.63) is 58.6 Å². The fraction of sp³-hybridized carbons (Fsp3) is 0.333. The first-order valence-corrected chi connectivity index (χ1v) is 10.2. The van der Waals surface area contributed by atoms with Crippen LogP contribution in [-0.4, -0.2) is 42.6 Å². The van der Waals surface area contributed by atoms with Gasteiger partial charge in [-0.25, -0.2) is 0 Å². The van der Waals surface area contributed by atoms with E-state index in [0.29, 0.717) is 37.2 Å². The highest BCUT2D eigenvalue weighted by atomic mass is 79.9. The van der Waals surface area contributed by atoms with E-state index in [4.69, 9.17) is 4.74 Å². The van der Waals surface area contributed by atoms with Gasteiger partial charge < -0.3 is 15.0 Å². The van der Waals surface area contributed by atoms with Gasteiger partial charge in [-0.2, -0.15) is 13.2 Å². The van der Waals surface area contributed by atoms with Crippen LogP contribution in [0.2, 0.25) is 0 Å². The average molecular weight is 485 g/mol. The number of piperidine rings is 1. The Morgan fingerprint density at radius 3 is 2.40 bits per heavy atom. The van der Waals surface area contributed by atoms with Crippen LogP contribution in [0, 0.1) is 5.92 Å². The smallest absolute Gasteiger partial charge is 0.422 e. The molecule has 1 fully saturated rings. The molecule has 160 valence electrons. The highest BCUT2D eigenvalue weighted by molar-refractivity contribution is 9.10. The maximum atomic E-state index is 12.6. The Kier molecular flexibility index (Phi) is 7.02. The Bertz CT molecular complexity index is 895. The molecule has 1 heterocycles. The average Bonchev–Trinajstić information content (AvgIpc) is 2.72. The number of rotatable bonds is 5. The molecule has 9 heteroatoms. The normalized spacial score (nSPS) is 15.0. The molecule has 0 atom stereocenters. The first-order chi connectivity index (χ1) is 14.2. The van der Waals surface area contributed by atoms with Crippen molar-refractivity contribution in [3.63, 3.8) is 0 Å². The summed E-state index contributed by atoms with van der Waals surface area (Å²) in [5.41, 5.74) is 0.963. The summed E-state index contributed by atoms with van der Waals surface area (Å²) in [5, 5.41) is 2.72. The number of carbonyl (C=O) groups excluding carboxylic acids is 2. The summed E-state index contributed by atoms with van der Waals surface area (Å²) in [6.07, 6.45) is -3.41. The molecule has 1 aliphatic rings. The maximum absolute atomic E-state index is 12.6. The summed E-state index contributed by atoms with van der Waals surface area (Å²) in [7, 11) is 0. The summed E-state index contributed by atoms with van der Waals surface area (Å²) < 4.78 is 42.4. The molecule has 0 spiro atoms. The topological polar surface area (TPSA) is 58.6 Å². The molecular formula is C21H20BrF3N2O3. The van der Waals surface area contributed by atoms with Crippen LogP contribution >= 0.6 is 15.9 Å². The number of likely N-dealkylation sites (tertiary alicyclic amines) is 1. The third-order valence-electron chi connectivity index (χ3n) is 4.75. The van der Waals surface area contributed by atoms with E-state index < -0.39 is 12.8 Å². The third-order valence-corrected chi connectivity index (χ3v) is 5.28. The number of alkyl halides is 3. The van der Waals surface area contributed by atoms with E-state index in [2.05, 4.69) is 21.2 Å². The molecule has 0 radical (unpaired) electrons. The molecule has 0 saturated carbocycles. The van der Waals surface area contributed by atoms with E-state index in [1.54, 1.807) is 35.2 Å². The molecule has 2 aromatic rings. The summed E-state index contributed by atoms with van der Waals surface area (Å²) in [5.74, 6) is -0.548. The van der Waals surface area contributed by atoms with Gasteiger partial charge in [0.25, 0.3) is 5.91 Å². The van der Waals surface area contributed by atoms with Gasteiger partial charge >= 0.3 is 6.18 Å². The molecule has 0 bridgehead atoms. The van der Waals surface area contributed by atoms with E-state index in [9.17, 15) is 22.8 Å². The minimum absolute atomic E-state index is 0.0278. The van der Waals surface area contributed by atoms with Gasteiger partial charge in [-0.05, 0) is 49.2 Å². The van der Waals surface area contributed by atoms with E-state index >= 15 is 0 Å². The zero-order valence-electron chi connectivity index (χ0n) is 15.9. The summed E-state index contributed by atoms with van der Waals surface area (Å²) in [4.78, 5) is 26.8. The fourth-order valence-electron chi connectivity index (χ4n) is 3.19. The molecule has 0 aliphatic carbocycles. The fourth-order valence-corrected chi connectivity index (χ4v) is 3.46. The summed E-state index contributed by atoms with van der Waals surface area (Å²) in [6, 6.07) is 13.0. The van der Waals surface area contributed by atoms with Gasteiger partial charge in [-0.1, -0.05) is 22.0 Å². The zero-order chi connectivity index (χ0) is 21.7. The minimum Gasteiger partial charge on any atom is -0.484 e. The Balaban J connectivity index is 1.52. The predicted octanol–water partition coefficient (Wildman–Crippen LogP) is 4.88. The van der Waals surface area contributed by atoms with E-state index in [1.165, 1.54) is 18.2 Å². The number of halogens is 4. The SMILES string of the molecule is O=C(Nc1cccc(OCC(F)(F)F)c1)C1CCN(C(=O)c2ccc(Br)cc2)CC1. The second-order valence-electron chi connectivity index (χ2n) is 6.99. The van der Waals surface area contributed by atoms with Crippen molar-refractivity contribution in [3.8, 4) is 5.75 Å². The second kappa shape index (κ2) is 9.51. The summed E-state index contributed by atoms with van der Waals surface area (Å²) in [6.45, 7) is -0.474. The predicted molar refractivity (Wildman–Crippen MR) is 109 cm³/mol. The Labute approximate surface area is 180 Å². The van der Waals surface area contributed by atoms with Crippen LogP contribution < -0.4 is 10.1 Å². The summed E-state index contributed by atoms with van der Waals surface area (Å²) >= 11 is 3.34. The first-order valence-electron chi connectivity index (χ1n) is 9.36. The lowest BCUT2D eigenvalue weighted by molar-refractivity contribution is -0.153. The number of hydrogen-bond acceptors (Lipinski definition) is 3. The minimum atomic E-state index is -4.43. The van der Waals surface area contributed by atoms with Crippen molar-refractivity contribution in [1.82, 2.24) is 4.90 Å². The molecule has 0 unspecified atom stereocenters. The monoisotopic (exact) mass is 484 g/mol. The quantitative estimate of drug-likeness (QED) is 0.657. The number of ether oxygens (including phenoxy) is 1. The molecular weight excluding hydrogens is 465 g/mol. The lowest BCUT2D eigenvalue weighted by Crippen LogP contribution is -2.41. The van der Waals surface area contributed by atoms with E-state index in [0.717, 1.165) is 4.47 Å². The van der Waals surface area contributed by atoms with Gasteiger partial charge in [0.2, 0.25) is 5.91 Å². The molecule has 2 amide bonds. The Hall–Kier alpha value is -2.55. The number of nitrogens with one attached hydrogen (secondary N) is 1. The molecule has 1 aliphatic heterocycles. The van der Waals surface area contributed by atoms with Gasteiger partial charge in [0.05, 0.1) is 0 Å².